The molecule has 5 nitrogen and oxygen atoms in total. The van der Waals surface area contributed by atoms with Gasteiger partial charge in [-0.3, -0.25) is 0 Å². The van der Waals surface area contributed by atoms with Crippen LogP contribution >= 0.6 is 27.5 Å². The summed E-state index contributed by atoms with van der Waals surface area (Å²) < 4.78 is 6.48. The normalized spacial score (nSPS) is 15.2. The van der Waals surface area contributed by atoms with Gasteiger partial charge in [0.1, 0.15) is 5.75 Å². The number of halogens is 2. The third kappa shape index (κ3) is 4.70. The smallest absolute Gasteiger partial charge is 0.247 e. The summed E-state index contributed by atoms with van der Waals surface area (Å²) in [7, 11) is 1.67. The van der Waals surface area contributed by atoms with Gasteiger partial charge >= 0.3 is 0 Å². The van der Waals surface area contributed by atoms with Crippen molar-refractivity contribution in [2.45, 2.75) is 12.5 Å². The van der Waals surface area contributed by atoms with Crippen LogP contribution in [0.4, 0.5) is 5.95 Å². The lowest BCUT2D eigenvalue weighted by atomic mass is 9.98. The predicted octanol–water partition coefficient (Wildman–Crippen LogP) is 8.08. The Morgan fingerprint density at radius 2 is 1.68 bits per heavy atom. The first-order valence-corrected chi connectivity index (χ1v) is 13.1. The third-order valence-electron chi connectivity index (χ3n) is 6.44. The fourth-order valence-electron chi connectivity index (χ4n) is 4.65. The topological polar surface area (TPSA) is 50.6 Å². The van der Waals surface area contributed by atoms with Crippen molar-refractivity contribution in [3.05, 3.63) is 118 Å². The van der Waals surface area contributed by atoms with Gasteiger partial charge in [0.2, 0.25) is 5.95 Å². The molecule has 6 rings (SSSR count). The van der Waals surface area contributed by atoms with E-state index < -0.39 is 0 Å². The van der Waals surface area contributed by atoms with Gasteiger partial charge in [-0.2, -0.15) is 5.10 Å². The fourth-order valence-corrected chi connectivity index (χ4v) is 5.24. The van der Waals surface area contributed by atoms with Crippen molar-refractivity contribution < 1.29 is 4.74 Å². The average Bonchev–Trinajstić information content (AvgIpc) is 3.39. The van der Waals surface area contributed by atoms with Gasteiger partial charge in [-0.15, -0.1) is 0 Å². The number of methoxy groups -OCH3 is 1. The van der Waals surface area contributed by atoms with Crippen LogP contribution in [-0.4, -0.2) is 22.8 Å². The van der Waals surface area contributed by atoms with Gasteiger partial charge in [0.25, 0.3) is 0 Å². The number of anilines is 1. The Labute approximate surface area is 228 Å². The van der Waals surface area contributed by atoms with Crippen molar-refractivity contribution >= 4 is 50.1 Å². The van der Waals surface area contributed by atoms with Crippen molar-refractivity contribution in [2.24, 2.45) is 5.10 Å². The molecule has 0 saturated carbocycles. The molecule has 0 bridgehead atoms. The molecule has 0 fully saturated rings. The maximum Gasteiger partial charge on any atom is 0.247 e. The maximum absolute atomic E-state index is 6.37. The fraction of sp³-hybridized carbons (Fsp3) is 0.100. The Morgan fingerprint density at radius 3 is 2.49 bits per heavy atom. The Hall–Kier alpha value is -3.74. The van der Waals surface area contributed by atoms with E-state index in [1.54, 1.807) is 7.11 Å². The Morgan fingerprint density at radius 1 is 0.865 bits per heavy atom. The molecule has 0 saturated heterocycles. The van der Waals surface area contributed by atoms with Gasteiger partial charge in [0.15, 0.2) is 0 Å². The van der Waals surface area contributed by atoms with Gasteiger partial charge in [-0.1, -0.05) is 82.1 Å². The van der Waals surface area contributed by atoms with Crippen LogP contribution in [0.5, 0.6) is 5.75 Å². The van der Waals surface area contributed by atoms with Crippen molar-refractivity contribution in [3.8, 4) is 17.0 Å². The number of aromatic nitrogens is 2. The molecular weight excluding hydrogens is 548 g/mol. The molecule has 0 amide bonds. The molecule has 1 aliphatic heterocycles. The van der Waals surface area contributed by atoms with E-state index in [2.05, 4.69) is 34.1 Å². The van der Waals surface area contributed by atoms with Gasteiger partial charge in [0, 0.05) is 32.4 Å². The monoisotopic (exact) mass is 568 g/mol. The van der Waals surface area contributed by atoms with Crippen LogP contribution in [0, 0.1) is 0 Å². The summed E-state index contributed by atoms with van der Waals surface area (Å²) in [5.74, 6) is 1.33. The van der Waals surface area contributed by atoms with Crippen molar-refractivity contribution in [2.75, 3.05) is 12.1 Å². The molecule has 0 aliphatic carbocycles. The second kappa shape index (κ2) is 9.96. The van der Waals surface area contributed by atoms with Crippen molar-refractivity contribution in [1.29, 1.82) is 0 Å². The molecular formula is C30H22BrClN4O. The van der Waals surface area contributed by atoms with Crippen LogP contribution in [0.3, 0.4) is 0 Å². The number of benzene rings is 4. The summed E-state index contributed by atoms with van der Waals surface area (Å²) in [6.45, 7) is 0. The van der Waals surface area contributed by atoms with Crippen LogP contribution in [0.2, 0.25) is 5.02 Å². The summed E-state index contributed by atoms with van der Waals surface area (Å²) in [4.78, 5) is 10.0. The third-order valence-corrected chi connectivity index (χ3v) is 7.17. The molecule has 4 aromatic carbocycles. The van der Waals surface area contributed by atoms with E-state index in [0.29, 0.717) is 17.4 Å². The molecule has 0 N–H and O–H groups in total. The summed E-state index contributed by atoms with van der Waals surface area (Å²) in [5, 5.41) is 8.57. The van der Waals surface area contributed by atoms with E-state index >= 15 is 0 Å². The van der Waals surface area contributed by atoms with Crippen molar-refractivity contribution in [3.63, 3.8) is 0 Å². The SMILES string of the molecule is COc1cccc(C2=NN(c3nc(-c4ccccc4)c4cc(Cl)ccc4n3)[C@@H](c3cccc(Br)c3)C2)c1. The number of fused-ring (bicyclic) bond motifs is 1. The van der Waals surface area contributed by atoms with E-state index in [1.165, 1.54) is 0 Å². The molecule has 1 aromatic heterocycles. The molecule has 0 spiro atoms. The van der Waals surface area contributed by atoms with Gasteiger partial charge < -0.3 is 4.74 Å². The Balaban J connectivity index is 1.54. The van der Waals surface area contributed by atoms with Gasteiger partial charge in [-0.05, 0) is 48.0 Å². The quantitative estimate of drug-likeness (QED) is 0.215. The molecule has 7 heteroatoms. The van der Waals surface area contributed by atoms with Crippen LogP contribution in [-0.2, 0) is 0 Å². The van der Waals surface area contributed by atoms with E-state index in [9.17, 15) is 0 Å². The highest BCUT2D eigenvalue weighted by atomic mass is 79.9. The number of ether oxygens (including phenoxy) is 1. The first-order chi connectivity index (χ1) is 18.1. The minimum absolute atomic E-state index is 0.0768. The van der Waals surface area contributed by atoms with Crippen molar-refractivity contribution in [1.82, 2.24) is 9.97 Å². The lowest BCUT2D eigenvalue weighted by Crippen LogP contribution is -2.21. The zero-order valence-electron chi connectivity index (χ0n) is 20.0. The lowest BCUT2D eigenvalue weighted by Gasteiger charge is -2.23. The first kappa shape index (κ1) is 23.6. The second-order valence-corrected chi connectivity index (χ2v) is 10.1. The minimum Gasteiger partial charge on any atom is -0.497 e. The highest BCUT2D eigenvalue weighted by Crippen LogP contribution is 2.38. The van der Waals surface area contributed by atoms with Crippen LogP contribution in [0.25, 0.3) is 22.2 Å². The largest absolute Gasteiger partial charge is 0.497 e. The molecule has 2 heterocycles. The lowest BCUT2D eigenvalue weighted by molar-refractivity contribution is 0.414. The number of rotatable bonds is 5. The number of hydrazone groups is 1. The van der Waals surface area contributed by atoms with E-state index in [4.69, 9.17) is 31.4 Å². The summed E-state index contributed by atoms with van der Waals surface area (Å²) in [6, 6.07) is 32.0. The second-order valence-electron chi connectivity index (χ2n) is 8.80. The maximum atomic E-state index is 6.37. The van der Waals surface area contributed by atoms with Gasteiger partial charge in [-0.25, -0.2) is 15.0 Å². The molecule has 5 aromatic rings. The molecule has 1 aliphatic rings. The number of hydrogen-bond donors (Lipinski definition) is 0. The summed E-state index contributed by atoms with van der Waals surface area (Å²) >= 11 is 10.0. The van der Waals surface area contributed by atoms with Gasteiger partial charge in [0.05, 0.1) is 30.1 Å². The molecule has 0 unspecified atom stereocenters. The van der Waals surface area contributed by atoms with Crippen LogP contribution < -0.4 is 9.75 Å². The highest BCUT2D eigenvalue weighted by Gasteiger charge is 2.32. The molecule has 0 radical (unpaired) electrons. The molecule has 182 valence electrons. The zero-order valence-corrected chi connectivity index (χ0v) is 22.3. The van der Waals surface area contributed by atoms with Crippen LogP contribution in [0.15, 0.2) is 107 Å². The summed E-state index contributed by atoms with van der Waals surface area (Å²) in [5.41, 5.74) is 5.71. The van der Waals surface area contributed by atoms with E-state index in [0.717, 1.165) is 49.2 Å². The zero-order chi connectivity index (χ0) is 25.4. The Bertz CT molecular complexity index is 1640. The number of hydrogen-bond acceptors (Lipinski definition) is 5. The standard InChI is InChI=1S/C30H22BrClN4O/c1-37-24-12-6-9-20(16-24)27-18-28(21-10-5-11-22(31)15-21)36(35-27)30-33-26-14-13-23(32)17-25(26)29(34-30)19-7-3-2-4-8-19/h2-17,28H,18H2,1H3/t28-/m1/s1. The van der Waals surface area contributed by atoms with Crippen LogP contribution in [0.1, 0.15) is 23.6 Å². The first-order valence-electron chi connectivity index (χ1n) is 11.9. The highest BCUT2D eigenvalue weighted by molar-refractivity contribution is 9.10. The summed E-state index contributed by atoms with van der Waals surface area (Å²) in [6.07, 6.45) is 0.701. The van der Waals surface area contributed by atoms with E-state index in [-0.39, 0.29) is 6.04 Å². The average molecular weight is 570 g/mol. The predicted molar refractivity (Wildman–Crippen MR) is 153 cm³/mol. The Kier molecular flexibility index (Phi) is 6.37. The molecule has 1 atom stereocenters. The van der Waals surface area contributed by atoms with E-state index in [1.807, 2.05) is 83.9 Å². The molecule has 37 heavy (non-hydrogen) atoms. The number of nitrogens with zero attached hydrogens (tertiary/aromatic N) is 4. The minimum atomic E-state index is -0.0768.